The van der Waals surface area contributed by atoms with Crippen molar-refractivity contribution >= 4 is 22.6 Å². The van der Waals surface area contributed by atoms with Crippen LogP contribution in [-0.2, 0) is 10.2 Å². The summed E-state index contributed by atoms with van der Waals surface area (Å²) in [5.74, 6) is 0.646. The highest BCUT2D eigenvalue weighted by Gasteiger charge is 2.35. The van der Waals surface area contributed by atoms with Crippen LogP contribution in [-0.4, -0.2) is 49.2 Å². The van der Waals surface area contributed by atoms with Gasteiger partial charge in [0.15, 0.2) is 0 Å². The Bertz CT molecular complexity index is 341. The van der Waals surface area contributed by atoms with Crippen molar-refractivity contribution in [1.29, 1.82) is 0 Å². The van der Waals surface area contributed by atoms with Crippen molar-refractivity contribution in [2.75, 3.05) is 26.2 Å². The summed E-state index contributed by atoms with van der Waals surface area (Å²) in [4.78, 5) is 0. The molecule has 0 amide bonds. The Kier molecular flexibility index (Phi) is 5.21. The monoisotopic (exact) mass is 283 g/mol. The van der Waals surface area contributed by atoms with Gasteiger partial charge in [-0.2, -0.15) is 17.0 Å². The van der Waals surface area contributed by atoms with E-state index in [4.69, 9.17) is 5.73 Å². The first-order valence-electron chi connectivity index (χ1n) is 6.01. The third-order valence-electron chi connectivity index (χ3n) is 3.58. The van der Waals surface area contributed by atoms with Crippen molar-refractivity contribution in [3.05, 3.63) is 0 Å². The Morgan fingerprint density at radius 1 is 1.06 bits per heavy atom. The fourth-order valence-corrected chi connectivity index (χ4v) is 4.06. The average Bonchev–Trinajstić information content (AvgIpc) is 2.66. The van der Waals surface area contributed by atoms with Gasteiger partial charge in [0.2, 0.25) is 0 Å². The van der Waals surface area contributed by atoms with Crippen molar-refractivity contribution in [2.24, 2.45) is 11.7 Å². The van der Waals surface area contributed by atoms with Gasteiger partial charge in [0, 0.05) is 32.2 Å². The van der Waals surface area contributed by atoms with E-state index >= 15 is 0 Å². The summed E-state index contributed by atoms with van der Waals surface area (Å²) in [7, 11) is -3.23. The predicted molar refractivity (Wildman–Crippen MR) is 70.3 cm³/mol. The Morgan fingerprint density at radius 2 is 1.59 bits per heavy atom. The molecule has 0 radical (unpaired) electrons. The van der Waals surface area contributed by atoms with Crippen LogP contribution in [0.1, 0.15) is 26.2 Å². The van der Waals surface area contributed by atoms with Crippen LogP contribution < -0.4 is 5.73 Å². The third-order valence-corrected chi connectivity index (χ3v) is 5.58. The molecule has 0 saturated carbocycles. The summed E-state index contributed by atoms with van der Waals surface area (Å²) in [6, 6.07) is 0.0125. The highest BCUT2D eigenvalue weighted by Crippen LogP contribution is 2.22. The first-order valence-corrected chi connectivity index (χ1v) is 7.40. The quantitative estimate of drug-likeness (QED) is 0.799. The number of piperidine rings is 1. The molecule has 0 aromatic rings. The molecule has 2 aliphatic rings. The van der Waals surface area contributed by atoms with E-state index in [0.29, 0.717) is 32.1 Å². The smallest absolute Gasteiger partial charge is 0.282 e. The second-order valence-corrected chi connectivity index (χ2v) is 6.92. The molecule has 0 aromatic heterocycles. The third kappa shape index (κ3) is 3.32. The molecule has 2 N–H and O–H groups in total. The van der Waals surface area contributed by atoms with Crippen LogP contribution in [0.2, 0.25) is 0 Å². The Morgan fingerprint density at radius 3 is 2.06 bits per heavy atom. The molecule has 7 heteroatoms. The zero-order valence-electron chi connectivity index (χ0n) is 10.2. The minimum absolute atomic E-state index is 0. The van der Waals surface area contributed by atoms with Gasteiger partial charge in [-0.3, -0.25) is 0 Å². The van der Waals surface area contributed by atoms with Gasteiger partial charge in [-0.05, 0) is 25.2 Å². The highest BCUT2D eigenvalue weighted by atomic mass is 35.5. The van der Waals surface area contributed by atoms with Gasteiger partial charge in [0.05, 0.1) is 0 Å². The van der Waals surface area contributed by atoms with Crippen LogP contribution in [0.3, 0.4) is 0 Å². The average molecular weight is 284 g/mol. The van der Waals surface area contributed by atoms with E-state index in [-0.39, 0.29) is 18.4 Å². The first-order chi connectivity index (χ1) is 7.50. The van der Waals surface area contributed by atoms with E-state index in [2.05, 4.69) is 6.92 Å². The Balaban J connectivity index is 0.00000144. The van der Waals surface area contributed by atoms with E-state index in [1.165, 1.54) is 4.31 Å². The number of nitrogens with two attached hydrogens (primary N) is 1. The molecule has 2 rings (SSSR count). The lowest BCUT2D eigenvalue weighted by molar-refractivity contribution is 0.270. The SMILES string of the molecule is CC1CCN(S(=O)(=O)N2CC[C@@H](N)C2)CC1.Cl. The van der Waals surface area contributed by atoms with E-state index in [1.54, 1.807) is 4.31 Å². The van der Waals surface area contributed by atoms with E-state index in [1.807, 2.05) is 0 Å². The second kappa shape index (κ2) is 5.84. The maximum absolute atomic E-state index is 12.2. The summed E-state index contributed by atoms with van der Waals surface area (Å²) in [5, 5.41) is 0. The summed E-state index contributed by atoms with van der Waals surface area (Å²) < 4.78 is 27.6. The van der Waals surface area contributed by atoms with Gasteiger partial charge in [0.1, 0.15) is 0 Å². The maximum Gasteiger partial charge on any atom is 0.282 e. The minimum atomic E-state index is -3.23. The molecule has 0 unspecified atom stereocenters. The normalized spacial score (nSPS) is 29.2. The molecule has 0 aromatic carbocycles. The van der Waals surface area contributed by atoms with Crippen molar-refractivity contribution in [2.45, 2.75) is 32.2 Å². The second-order valence-electron chi connectivity index (χ2n) is 5.00. The molecule has 17 heavy (non-hydrogen) atoms. The largest absolute Gasteiger partial charge is 0.326 e. The van der Waals surface area contributed by atoms with Crippen LogP contribution in [0.5, 0.6) is 0 Å². The zero-order chi connectivity index (χ0) is 11.8. The summed E-state index contributed by atoms with van der Waals surface area (Å²) in [6.45, 7) is 4.56. The fraction of sp³-hybridized carbons (Fsp3) is 1.00. The van der Waals surface area contributed by atoms with Crippen molar-refractivity contribution in [1.82, 2.24) is 8.61 Å². The number of halogens is 1. The molecule has 2 saturated heterocycles. The lowest BCUT2D eigenvalue weighted by Gasteiger charge is -2.32. The van der Waals surface area contributed by atoms with Crippen molar-refractivity contribution in [3.63, 3.8) is 0 Å². The maximum atomic E-state index is 12.2. The van der Waals surface area contributed by atoms with Crippen LogP contribution in [0.15, 0.2) is 0 Å². The summed E-state index contributed by atoms with van der Waals surface area (Å²) >= 11 is 0. The van der Waals surface area contributed by atoms with Crippen molar-refractivity contribution < 1.29 is 8.42 Å². The predicted octanol–water partition coefficient (Wildman–Crippen LogP) is 0.418. The minimum Gasteiger partial charge on any atom is -0.326 e. The number of nitrogens with zero attached hydrogens (tertiary/aromatic N) is 2. The van der Waals surface area contributed by atoms with Crippen LogP contribution in [0, 0.1) is 5.92 Å². The molecule has 5 nitrogen and oxygen atoms in total. The van der Waals surface area contributed by atoms with Gasteiger partial charge in [0.25, 0.3) is 10.2 Å². The first kappa shape index (κ1) is 15.2. The highest BCUT2D eigenvalue weighted by molar-refractivity contribution is 7.86. The van der Waals surface area contributed by atoms with Gasteiger partial charge >= 0.3 is 0 Å². The molecule has 2 aliphatic heterocycles. The summed E-state index contributed by atoms with van der Waals surface area (Å²) in [5.41, 5.74) is 5.75. The van der Waals surface area contributed by atoms with E-state index in [0.717, 1.165) is 19.3 Å². The fourth-order valence-electron chi connectivity index (χ4n) is 2.34. The van der Waals surface area contributed by atoms with Crippen molar-refractivity contribution in [3.8, 4) is 0 Å². The zero-order valence-corrected chi connectivity index (χ0v) is 11.8. The standard InChI is InChI=1S/C10H21N3O2S.ClH/c1-9-2-5-12(6-3-9)16(14,15)13-7-4-10(11)8-13;/h9-10H,2-8,11H2,1H3;1H/t10-;/m1./s1. The molecule has 0 spiro atoms. The van der Waals surface area contributed by atoms with Crippen LogP contribution >= 0.6 is 12.4 Å². The van der Waals surface area contributed by atoms with Gasteiger partial charge in [-0.15, -0.1) is 12.4 Å². The molecule has 1 atom stereocenters. The Labute approximate surface area is 110 Å². The van der Waals surface area contributed by atoms with Gasteiger partial charge in [-0.1, -0.05) is 6.92 Å². The molecular formula is C10H22ClN3O2S. The lowest BCUT2D eigenvalue weighted by Crippen LogP contribution is -2.46. The van der Waals surface area contributed by atoms with Gasteiger partial charge < -0.3 is 5.73 Å². The van der Waals surface area contributed by atoms with Gasteiger partial charge in [-0.25, -0.2) is 0 Å². The molecule has 2 heterocycles. The molecule has 2 fully saturated rings. The topological polar surface area (TPSA) is 66.6 Å². The number of hydrogen-bond donors (Lipinski definition) is 1. The van der Waals surface area contributed by atoms with Crippen LogP contribution in [0.25, 0.3) is 0 Å². The molecule has 0 bridgehead atoms. The summed E-state index contributed by atoms with van der Waals surface area (Å²) in [6.07, 6.45) is 2.72. The molecule has 0 aliphatic carbocycles. The van der Waals surface area contributed by atoms with E-state index in [9.17, 15) is 8.42 Å². The number of hydrogen-bond acceptors (Lipinski definition) is 3. The molecular weight excluding hydrogens is 262 g/mol. The lowest BCUT2D eigenvalue weighted by atomic mass is 10.0. The number of rotatable bonds is 2. The van der Waals surface area contributed by atoms with Crippen LogP contribution in [0.4, 0.5) is 0 Å². The molecule has 102 valence electrons. The Hall–Kier alpha value is 0.120. The van der Waals surface area contributed by atoms with E-state index < -0.39 is 10.2 Å².